The quantitative estimate of drug-likeness (QED) is 0.781. The molecule has 17 heavy (non-hydrogen) atoms. The number of aryl methyl sites for hydroxylation is 1. The van der Waals surface area contributed by atoms with Crippen LogP contribution in [0.15, 0.2) is 23.1 Å². The molecule has 0 atom stereocenters. The summed E-state index contributed by atoms with van der Waals surface area (Å²) in [5.41, 5.74) is 0.631. The zero-order chi connectivity index (χ0) is 12.7. The fourth-order valence-electron chi connectivity index (χ4n) is 2.04. The van der Waals surface area contributed by atoms with Gasteiger partial charge in [-0.15, -0.1) is 0 Å². The predicted molar refractivity (Wildman–Crippen MR) is 56.6 cm³/mol. The number of hydrogen-bond acceptors (Lipinski definition) is 2. The number of alkyl halides is 3. The second-order valence-electron chi connectivity index (χ2n) is 4.16. The molecule has 0 spiro atoms. The highest BCUT2D eigenvalue weighted by Gasteiger charge is 2.29. The van der Waals surface area contributed by atoms with E-state index in [0.717, 1.165) is 0 Å². The summed E-state index contributed by atoms with van der Waals surface area (Å²) in [6.45, 7) is 0. The number of halogens is 3. The minimum atomic E-state index is -4.26. The summed E-state index contributed by atoms with van der Waals surface area (Å²) >= 11 is 0. The Morgan fingerprint density at radius 1 is 1.24 bits per heavy atom. The van der Waals surface area contributed by atoms with Gasteiger partial charge in [-0.25, -0.2) is 8.42 Å². The zero-order valence-electron chi connectivity index (χ0n) is 8.92. The highest BCUT2D eigenvalue weighted by atomic mass is 32.2. The fourth-order valence-corrected chi connectivity index (χ4v) is 3.62. The minimum absolute atomic E-state index is 0.0820. The van der Waals surface area contributed by atoms with Gasteiger partial charge in [-0.3, -0.25) is 0 Å². The van der Waals surface area contributed by atoms with E-state index in [1.165, 1.54) is 18.2 Å². The maximum atomic E-state index is 12.2. The molecule has 1 aromatic carbocycles. The first-order valence-electron chi connectivity index (χ1n) is 5.19. The third kappa shape index (κ3) is 2.80. The van der Waals surface area contributed by atoms with E-state index < -0.39 is 22.4 Å². The van der Waals surface area contributed by atoms with Gasteiger partial charge in [-0.1, -0.05) is 12.1 Å². The van der Waals surface area contributed by atoms with Crippen molar-refractivity contribution in [3.63, 3.8) is 0 Å². The first kappa shape index (κ1) is 12.4. The zero-order valence-corrected chi connectivity index (χ0v) is 9.74. The van der Waals surface area contributed by atoms with Gasteiger partial charge in [0.2, 0.25) is 0 Å². The highest BCUT2D eigenvalue weighted by Crippen LogP contribution is 2.28. The van der Waals surface area contributed by atoms with Crippen molar-refractivity contribution < 1.29 is 21.6 Å². The van der Waals surface area contributed by atoms with Crippen LogP contribution in [0, 0.1) is 0 Å². The van der Waals surface area contributed by atoms with E-state index in [-0.39, 0.29) is 16.2 Å². The van der Waals surface area contributed by atoms with Crippen LogP contribution in [0.5, 0.6) is 0 Å². The Labute approximate surface area is 97.4 Å². The number of rotatable bonds is 1. The molecule has 0 unspecified atom stereocenters. The van der Waals surface area contributed by atoms with Crippen LogP contribution in [-0.4, -0.2) is 20.3 Å². The lowest BCUT2D eigenvalue weighted by Crippen LogP contribution is -2.17. The molecule has 0 saturated heterocycles. The molecule has 1 aromatic rings. The van der Waals surface area contributed by atoms with Crippen molar-refractivity contribution in [3.05, 3.63) is 29.3 Å². The molecule has 6 heteroatoms. The van der Waals surface area contributed by atoms with E-state index in [1.807, 2.05) is 0 Å². The third-order valence-electron chi connectivity index (χ3n) is 2.72. The molecule has 0 amide bonds. The molecule has 0 saturated carbocycles. The van der Waals surface area contributed by atoms with Gasteiger partial charge in [0.25, 0.3) is 0 Å². The average molecular weight is 264 g/mol. The SMILES string of the molecule is O=S1(=O)CCCc2cc(CC(F)(F)F)ccc21. The van der Waals surface area contributed by atoms with Crippen molar-refractivity contribution in [2.75, 3.05) is 5.75 Å². The second kappa shape index (κ2) is 4.01. The monoisotopic (exact) mass is 264 g/mol. The van der Waals surface area contributed by atoms with E-state index in [2.05, 4.69) is 0 Å². The lowest BCUT2D eigenvalue weighted by Gasteiger charge is -2.17. The molecule has 0 aromatic heterocycles. The molecule has 1 aliphatic heterocycles. The van der Waals surface area contributed by atoms with Crippen LogP contribution in [0.25, 0.3) is 0 Å². The minimum Gasteiger partial charge on any atom is -0.224 e. The summed E-state index contributed by atoms with van der Waals surface area (Å²) < 4.78 is 59.9. The number of benzene rings is 1. The van der Waals surface area contributed by atoms with Crippen LogP contribution in [0.4, 0.5) is 13.2 Å². The Kier molecular flexibility index (Phi) is 2.93. The molecule has 0 bridgehead atoms. The molecule has 2 nitrogen and oxygen atoms in total. The van der Waals surface area contributed by atoms with Gasteiger partial charge in [0.1, 0.15) is 0 Å². The standard InChI is InChI=1S/C11H11F3O2S/c12-11(13,14)7-8-3-4-10-9(6-8)2-1-5-17(10,15)16/h3-4,6H,1-2,5,7H2. The van der Waals surface area contributed by atoms with Gasteiger partial charge in [-0.05, 0) is 30.0 Å². The molecule has 94 valence electrons. The molecule has 0 radical (unpaired) electrons. The van der Waals surface area contributed by atoms with Gasteiger partial charge >= 0.3 is 6.18 Å². The van der Waals surface area contributed by atoms with Crippen molar-refractivity contribution in [3.8, 4) is 0 Å². The van der Waals surface area contributed by atoms with Crippen molar-refractivity contribution in [2.24, 2.45) is 0 Å². The average Bonchev–Trinajstić information content (AvgIpc) is 2.13. The van der Waals surface area contributed by atoms with Crippen LogP contribution >= 0.6 is 0 Å². The molecule has 1 aliphatic rings. The van der Waals surface area contributed by atoms with Gasteiger partial charge in [0, 0.05) is 0 Å². The summed E-state index contributed by atoms with van der Waals surface area (Å²) in [6.07, 6.45) is -4.27. The smallest absolute Gasteiger partial charge is 0.224 e. The lowest BCUT2D eigenvalue weighted by atomic mass is 10.0. The molecular formula is C11H11F3O2S. The van der Waals surface area contributed by atoms with Gasteiger partial charge in [0.15, 0.2) is 9.84 Å². The van der Waals surface area contributed by atoms with Crippen molar-refractivity contribution in [2.45, 2.75) is 30.3 Å². The normalized spacial score (nSPS) is 18.8. The van der Waals surface area contributed by atoms with Crippen molar-refractivity contribution in [1.29, 1.82) is 0 Å². The number of hydrogen-bond donors (Lipinski definition) is 0. The second-order valence-corrected chi connectivity index (χ2v) is 6.23. The topological polar surface area (TPSA) is 34.1 Å². The Hall–Kier alpha value is -1.04. The molecule has 0 N–H and O–H groups in total. The van der Waals surface area contributed by atoms with Crippen molar-refractivity contribution in [1.82, 2.24) is 0 Å². The Bertz CT molecular complexity index is 532. The van der Waals surface area contributed by atoms with Gasteiger partial charge < -0.3 is 0 Å². The van der Waals surface area contributed by atoms with Crippen LogP contribution in [0.3, 0.4) is 0 Å². The van der Waals surface area contributed by atoms with Crippen LogP contribution in [-0.2, 0) is 22.7 Å². The van der Waals surface area contributed by atoms with Crippen LogP contribution in [0.1, 0.15) is 17.5 Å². The van der Waals surface area contributed by atoms with E-state index >= 15 is 0 Å². The summed E-state index contributed by atoms with van der Waals surface area (Å²) in [6, 6.07) is 3.90. The first-order chi connectivity index (χ1) is 7.78. The fraction of sp³-hybridized carbons (Fsp3) is 0.455. The first-order valence-corrected chi connectivity index (χ1v) is 6.84. The van der Waals surface area contributed by atoms with E-state index in [9.17, 15) is 21.6 Å². The summed E-state index contributed by atoms with van der Waals surface area (Å²) in [7, 11) is -3.28. The Morgan fingerprint density at radius 3 is 2.59 bits per heavy atom. The number of fused-ring (bicyclic) bond motifs is 1. The maximum absolute atomic E-state index is 12.2. The Morgan fingerprint density at radius 2 is 1.94 bits per heavy atom. The molecule has 0 fully saturated rings. The summed E-state index contributed by atoms with van der Waals surface area (Å²) in [5.74, 6) is 0.0820. The summed E-state index contributed by atoms with van der Waals surface area (Å²) in [5, 5.41) is 0. The highest BCUT2D eigenvalue weighted by molar-refractivity contribution is 7.91. The molecule has 1 heterocycles. The van der Waals surface area contributed by atoms with Gasteiger partial charge in [0.05, 0.1) is 17.1 Å². The third-order valence-corrected chi connectivity index (χ3v) is 4.62. The van der Waals surface area contributed by atoms with Crippen molar-refractivity contribution >= 4 is 9.84 Å². The molecule has 2 rings (SSSR count). The summed E-state index contributed by atoms with van der Waals surface area (Å²) in [4.78, 5) is 0.190. The lowest BCUT2D eigenvalue weighted by molar-refractivity contribution is -0.127. The van der Waals surface area contributed by atoms with Gasteiger partial charge in [-0.2, -0.15) is 13.2 Å². The largest absolute Gasteiger partial charge is 0.393 e. The van der Waals surface area contributed by atoms with E-state index in [4.69, 9.17) is 0 Å². The molecular weight excluding hydrogens is 253 g/mol. The van der Waals surface area contributed by atoms with E-state index in [0.29, 0.717) is 18.4 Å². The van der Waals surface area contributed by atoms with E-state index in [1.54, 1.807) is 0 Å². The maximum Gasteiger partial charge on any atom is 0.393 e. The number of sulfone groups is 1. The Balaban J connectivity index is 2.39. The van der Waals surface area contributed by atoms with Crippen LogP contribution < -0.4 is 0 Å². The molecule has 0 aliphatic carbocycles. The van der Waals surface area contributed by atoms with Crippen LogP contribution in [0.2, 0.25) is 0 Å². The predicted octanol–water partition coefficient (Wildman–Crippen LogP) is 2.51.